The van der Waals surface area contributed by atoms with E-state index in [2.05, 4.69) is 16.4 Å². The van der Waals surface area contributed by atoms with Gasteiger partial charge in [0.1, 0.15) is 5.15 Å². The van der Waals surface area contributed by atoms with Crippen LogP contribution in [0.2, 0.25) is 5.15 Å². The fourth-order valence-corrected chi connectivity index (χ4v) is 3.09. The van der Waals surface area contributed by atoms with Crippen LogP contribution in [-0.2, 0) is 0 Å². The Kier molecular flexibility index (Phi) is 2.41. The van der Waals surface area contributed by atoms with Gasteiger partial charge in [0.05, 0.1) is 0 Å². The van der Waals surface area contributed by atoms with Crippen molar-refractivity contribution >= 4 is 11.6 Å². The van der Waals surface area contributed by atoms with Crippen LogP contribution in [0.25, 0.3) is 0 Å². The Bertz CT molecular complexity index is 341. The highest BCUT2D eigenvalue weighted by atomic mass is 35.5. The van der Waals surface area contributed by atoms with Gasteiger partial charge in [0, 0.05) is 18.2 Å². The van der Waals surface area contributed by atoms with E-state index in [1.54, 1.807) is 0 Å². The molecule has 15 heavy (non-hydrogen) atoms. The van der Waals surface area contributed by atoms with Gasteiger partial charge in [0.25, 0.3) is 0 Å². The zero-order valence-corrected chi connectivity index (χ0v) is 9.37. The van der Waals surface area contributed by atoms with Crippen molar-refractivity contribution in [3.8, 4) is 0 Å². The molecule has 3 aliphatic rings. The van der Waals surface area contributed by atoms with Crippen LogP contribution >= 0.6 is 11.6 Å². The van der Waals surface area contributed by atoms with E-state index in [0.29, 0.717) is 17.1 Å². The van der Waals surface area contributed by atoms with Crippen molar-refractivity contribution in [1.29, 1.82) is 0 Å². The molecule has 80 valence electrons. The average Bonchev–Trinajstić information content (AvgIpc) is 2.31. The molecule has 3 fully saturated rings. The number of hydrogen-bond acceptors (Lipinski definition) is 2. The summed E-state index contributed by atoms with van der Waals surface area (Å²) in [5.74, 6) is 1.53. The summed E-state index contributed by atoms with van der Waals surface area (Å²) in [4.78, 5) is 4.18. The maximum Gasteiger partial charge on any atom is 0.129 e. The number of pyridine rings is 1. The maximum atomic E-state index is 5.80. The van der Waals surface area contributed by atoms with Gasteiger partial charge < -0.3 is 5.32 Å². The Morgan fingerprint density at radius 3 is 2.80 bits per heavy atom. The first-order valence-electron chi connectivity index (χ1n) is 5.68. The highest BCUT2D eigenvalue weighted by molar-refractivity contribution is 6.29. The number of aromatic nitrogens is 1. The molecule has 1 aromatic heterocycles. The van der Waals surface area contributed by atoms with Gasteiger partial charge in [0.2, 0.25) is 0 Å². The maximum absolute atomic E-state index is 5.80. The molecule has 2 saturated heterocycles. The number of nitrogens with one attached hydrogen (secondary N) is 1. The highest BCUT2D eigenvalue weighted by Crippen LogP contribution is 2.39. The molecular formula is C12H15ClN2. The first-order valence-corrected chi connectivity index (χ1v) is 6.05. The topological polar surface area (TPSA) is 24.9 Å². The Morgan fingerprint density at radius 2 is 2.27 bits per heavy atom. The van der Waals surface area contributed by atoms with Gasteiger partial charge in [-0.15, -0.1) is 0 Å². The predicted molar refractivity (Wildman–Crippen MR) is 61.1 cm³/mol. The zero-order chi connectivity index (χ0) is 10.3. The summed E-state index contributed by atoms with van der Waals surface area (Å²) in [5.41, 5.74) is 1.35. The molecule has 1 aromatic rings. The molecule has 0 amide bonds. The van der Waals surface area contributed by atoms with Gasteiger partial charge in [-0.05, 0) is 43.4 Å². The van der Waals surface area contributed by atoms with Crippen LogP contribution in [0.5, 0.6) is 0 Å². The minimum atomic E-state index is 0.590. The van der Waals surface area contributed by atoms with Crippen LogP contribution < -0.4 is 5.32 Å². The van der Waals surface area contributed by atoms with Crippen LogP contribution in [0.3, 0.4) is 0 Å². The van der Waals surface area contributed by atoms with E-state index in [9.17, 15) is 0 Å². The van der Waals surface area contributed by atoms with Crippen molar-refractivity contribution in [2.75, 3.05) is 6.54 Å². The lowest BCUT2D eigenvalue weighted by Gasteiger charge is -2.43. The third-order valence-electron chi connectivity index (χ3n) is 3.81. The lowest BCUT2D eigenvalue weighted by atomic mass is 9.72. The highest BCUT2D eigenvalue weighted by Gasteiger charge is 2.35. The molecule has 3 heteroatoms. The first-order chi connectivity index (χ1) is 7.33. The molecule has 0 aromatic carbocycles. The standard InChI is InChI=1S/C12H15ClN2/c13-12-4-2-9(7-15-12)10-5-8-1-3-11(10)14-6-8/h2,4,7-8,10-11,14H,1,3,5-6H2. The Balaban J connectivity index is 1.85. The van der Waals surface area contributed by atoms with Crippen molar-refractivity contribution in [1.82, 2.24) is 10.3 Å². The predicted octanol–water partition coefficient (Wildman–Crippen LogP) is 2.59. The number of nitrogens with zero attached hydrogens (tertiary/aromatic N) is 1. The summed E-state index contributed by atoms with van der Waals surface area (Å²) in [6.07, 6.45) is 5.98. The molecule has 1 N–H and O–H groups in total. The number of piperidine rings is 2. The largest absolute Gasteiger partial charge is 0.313 e. The molecule has 2 nitrogen and oxygen atoms in total. The quantitative estimate of drug-likeness (QED) is 0.739. The van der Waals surface area contributed by atoms with Crippen molar-refractivity contribution < 1.29 is 0 Å². The van der Waals surface area contributed by atoms with E-state index in [4.69, 9.17) is 11.6 Å². The number of rotatable bonds is 1. The van der Waals surface area contributed by atoms with Gasteiger partial charge in [-0.2, -0.15) is 0 Å². The third-order valence-corrected chi connectivity index (χ3v) is 4.03. The Labute approximate surface area is 95.0 Å². The van der Waals surface area contributed by atoms with E-state index in [0.717, 1.165) is 5.92 Å². The monoisotopic (exact) mass is 222 g/mol. The second-order valence-corrected chi connectivity index (χ2v) is 5.10. The first kappa shape index (κ1) is 9.61. The van der Waals surface area contributed by atoms with Crippen LogP contribution in [0.1, 0.15) is 30.7 Å². The van der Waals surface area contributed by atoms with Crippen LogP contribution in [0, 0.1) is 5.92 Å². The molecule has 3 unspecified atom stereocenters. The molecule has 3 atom stereocenters. The Morgan fingerprint density at radius 1 is 1.33 bits per heavy atom. The minimum Gasteiger partial charge on any atom is -0.313 e. The molecule has 2 aliphatic heterocycles. The lowest BCUT2D eigenvalue weighted by Crippen LogP contribution is -2.48. The van der Waals surface area contributed by atoms with Gasteiger partial charge >= 0.3 is 0 Å². The van der Waals surface area contributed by atoms with Crippen molar-refractivity contribution in [2.24, 2.45) is 5.92 Å². The van der Waals surface area contributed by atoms with Gasteiger partial charge in [-0.25, -0.2) is 4.98 Å². The normalized spacial score (nSPS) is 34.3. The lowest BCUT2D eigenvalue weighted by molar-refractivity contribution is 0.183. The molecule has 0 radical (unpaired) electrons. The van der Waals surface area contributed by atoms with Gasteiger partial charge in [-0.1, -0.05) is 17.7 Å². The summed E-state index contributed by atoms with van der Waals surface area (Å²) in [5, 5.41) is 4.21. The molecule has 1 saturated carbocycles. The molecule has 3 heterocycles. The van der Waals surface area contributed by atoms with E-state index in [-0.39, 0.29) is 0 Å². The summed E-state index contributed by atoms with van der Waals surface area (Å²) >= 11 is 5.80. The summed E-state index contributed by atoms with van der Waals surface area (Å²) < 4.78 is 0. The van der Waals surface area contributed by atoms with Gasteiger partial charge in [0.15, 0.2) is 0 Å². The zero-order valence-electron chi connectivity index (χ0n) is 8.62. The number of fused-ring (bicyclic) bond motifs is 3. The summed E-state index contributed by atoms with van der Waals surface area (Å²) in [6, 6.07) is 4.69. The molecular weight excluding hydrogens is 208 g/mol. The van der Waals surface area contributed by atoms with E-state index >= 15 is 0 Å². The van der Waals surface area contributed by atoms with Crippen LogP contribution in [0.4, 0.5) is 0 Å². The fraction of sp³-hybridized carbons (Fsp3) is 0.583. The minimum absolute atomic E-state index is 0.590. The van der Waals surface area contributed by atoms with Crippen molar-refractivity contribution in [3.63, 3.8) is 0 Å². The van der Waals surface area contributed by atoms with Crippen LogP contribution in [-0.4, -0.2) is 17.6 Å². The fourth-order valence-electron chi connectivity index (χ4n) is 2.98. The molecule has 1 aliphatic carbocycles. The average molecular weight is 223 g/mol. The third kappa shape index (κ3) is 1.77. The molecule has 2 bridgehead atoms. The van der Waals surface area contributed by atoms with Crippen LogP contribution in [0.15, 0.2) is 18.3 Å². The second-order valence-electron chi connectivity index (χ2n) is 4.71. The Hall–Kier alpha value is -0.600. The molecule has 0 spiro atoms. The van der Waals surface area contributed by atoms with E-state index < -0.39 is 0 Å². The van der Waals surface area contributed by atoms with E-state index in [1.165, 1.54) is 31.4 Å². The summed E-state index contributed by atoms with van der Waals surface area (Å²) in [6.45, 7) is 1.21. The van der Waals surface area contributed by atoms with Crippen molar-refractivity contribution in [2.45, 2.75) is 31.2 Å². The number of hydrogen-bond donors (Lipinski definition) is 1. The SMILES string of the molecule is Clc1ccc(C2CC3CCC2NC3)cn1. The summed E-state index contributed by atoms with van der Waals surface area (Å²) in [7, 11) is 0. The second kappa shape index (κ2) is 3.76. The number of halogens is 1. The van der Waals surface area contributed by atoms with Crippen molar-refractivity contribution in [3.05, 3.63) is 29.0 Å². The smallest absolute Gasteiger partial charge is 0.129 e. The van der Waals surface area contributed by atoms with E-state index in [1.807, 2.05) is 12.3 Å². The van der Waals surface area contributed by atoms with Gasteiger partial charge in [-0.3, -0.25) is 0 Å². The molecule has 4 rings (SSSR count).